The number of hydrogen-bond acceptors (Lipinski definition) is 4. The monoisotopic (exact) mass is 322 g/mol. The molecule has 1 N–H and O–H groups in total. The molecular weight excluding hydrogens is 304 g/mol. The van der Waals surface area contributed by atoms with Gasteiger partial charge in [0.1, 0.15) is 0 Å². The number of carbonyl (C=O) groups excluding carboxylic acids is 1. The van der Waals surface area contributed by atoms with Crippen LogP contribution in [-0.2, 0) is 17.6 Å². The fourth-order valence-electron chi connectivity index (χ4n) is 2.61. The van der Waals surface area contributed by atoms with Crippen LogP contribution < -0.4 is 10.7 Å². The Balaban J connectivity index is 1.61. The number of nitrogens with zero attached hydrogens (tertiary/aromatic N) is 1. The van der Waals surface area contributed by atoms with Crippen molar-refractivity contribution >= 4 is 5.91 Å². The molecule has 1 aliphatic carbocycles. The summed E-state index contributed by atoms with van der Waals surface area (Å²) in [6, 6.07) is 14.3. The largest absolute Gasteiger partial charge is 0.356 e. The molecule has 1 heterocycles. The lowest BCUT2D eigenvalue weighted by Gasteiger charge is -2.11. The third-order valence-electron chi connectivity index (χ3n) is 3.94. The Bertz CT molecular complexity index is 871. The molecule has 1 aliphatic heterocycles. The molecule has 1 aromatic carbocycles. The number of hydrogen-bond donors (Lipinski definition) is 1. The highest BCUT2D eigenvalue weighted by Crippen LogP contribution is 2.24. The van der Waals surface area contributed by atoms with E-state index < -0.39 is 0 Å². The second kappa shape index (κ2) is 7.08. The molecule has 1 amide bonds. The maximum atomic E-state index is 11.9. The van der Waals surface area contributed by atoms with Crippen LogP contribution in [0, 0.1) is 6.92 Å². The third kappa shape index (κ3) is 3.68. The molecule has 0 unspecified atom stereocenters. The molecule has 122 valence electrons. The van der Waals surface area contributed by atoms with Crippen LogP contribution in [0.15, 0.2) is 57.8 Å². The molecule has 1 aromatic rings. The summed E-state index contributed by atoms with van der Waals surface area (Å²) < 4.78 is 5.29. The fraction of sp³-hybridized carbons (Fsp3) is 0.211. The van der Waals surface area contributed by atoms with E-state index in [2.05, 4.69) is 10.5 Å². The molecule has 0 radical (unpaired) electrons. The van der Waals surface area contributed by atoms with Gasteiger partial charge in [0, 0.05) is 24.6 Å². The number of benzene rings is 2. The first-order valence-corrected chi connectivity index (χ1v) is 7.83. The second-order valence-corrected chi connectivity index (χ2v) is 5.67. The van der Waals surface area contributed by atoms with Crippen molar-refractivity contribution in [1.82, 2.24) is 10.5 Å². The lowest BCUT2D eigenvalue weighted by Crippen LogP contribution is -2.27. The lowest BCUT2D eigenvalue weighted by atomic mass is 10.0. The zero-order valence-corrected chi connectivity index (χ0v) is 13.4. The van der Waals surface area contributed by atoms with Gasteiger partial charge in [0.05, 0.1) is 12.1 Å². The molecule has 3 rings (SSSR count). The molecule has 24 heavy (non-hydrogen) atoms. The summed E-state index contributed by atoms with van der Waals surface area (Å²) in [5, 5.41) is 6.96. The van der Waals surface area contributed by atoms with Crippen LogP contribution in [0.1, 0.15) is 16.8 Å². The van der Waals surface area contributed by atoms with E-state index in [1.807, 2.05) is 37.3 Å². The van der Waals surface area contributed by atoms with Gasteiger partial charge in [-0.2, -0.15) is 0 Å². The summed E-state index contributed by atoms with van der Waals surface area (Å²) in [6.07, 6.45) is 0.937. The van der Waals surface area contributed by atoms with Crippen LogP contribution in [0.4, 0.5) is 0 Å². The quantitative estimate of drug-likeness (QED) is 0.782. The highest BCUT2D eigenvalue weighted by Gasteiger charge is 2.13. The van der Waals surface area contributed by atoms with Gasteiger partial charge in [-0.1, -0.05) is 35.5 Å². The molecule has 0 spiro atoms. The fourth-order valence-corrected chi connectivity index (χ4v) is 2.61. The Morgan fingerprint density at radius 1 is 1.17 bits per heavy atom. The van der Waals surface area contributed by atoms with E-state index in [0.29, 0.717) is 25.1 Å². The Morgan fingerprint density at radius 2 is 1.96 bits per heavy atom. The topological polar surface area (TPSA) is 72.2 Å². The predicted molar refractivity (Wildman–Crippen MR) is 91.0 cm³/mol. The first-order chi connectivity index (χ1) is 11.6. The van der Waals surface area contributed by atoms with Crippen LogP contribution >= 0.6 is 0 Å². The first kappa shape index (κ1) is 15.9. The summed E-state index contributed by atoms with van der Waals surface area (Å²) in [5.41, 5.74) is 3.50. The Kier molecular flexibility index (Phi) is 4.70. The normalized spacial score (nSPS) is 10.7. The van der Waals surface area contributed by atoms with E-state index in [1.165, 1.54) is 12.1 Å². The van der Waals surface area contributed by atoms with Crippen LogP contribution in [0.5, 0.6) is 0 Å². The van der Waals surface area contributed by atoms with Crippen molar-refractivity contribution in [2.24, 2.45) is 0 Å². The van der Waals surface area contributed by atoms with Gasteiger partial charge < -0.3 is 9.84 Å². The van der Waals surface area contributed by atoms with E-state index in [0.717, 1.165) is 22.4 Å². The summed E-state index contributed by atoms with van der Waals surface area (Å²) in [6.45, 7) is 2.43. The zero-order chi connectivity index (χ0) is 16.9. The van der Waals surface area contributed by atoms with Crippen molar-refractivity contribution in [3.63, 3.8) is 0 Å². The number of carbonyl (C=O) groups is 1. The lowest BCUT2D eigenvalue weighted by molar-refractivity contribution is -0.120. The molecule has 0 atom stereocenters. The van der Waals surface area contributed by atoms with Crippen molar-refractivity contribution < 1.29 is 9.32 Å². The third-order valence-corrected chi connectivity index (χ3v) is 3.94. The predicted octanol–water partition coefficient (Wildman–Crippen LogP) is 2.35. The van der Waals surface area contributed by atoms with Crippen molar-refractivity contribution in [3.05, 3.63) is 75.6 Å². The summed E-state index contributed by atoms with van der Waals surface area (Å²) in [7, 11) is 0. The van der Waals surface area contributed by atoms with Crippen molar-refractivity contribution in [2.45, 2.75) is 19.8 Å². The minimum absolute atomic E-state index is 0.0208. The molecular formula is C19H18N2O3. The minimum atomic E-state index is -0.103. The number of fused-ring (bicyclic) bond motifs is 1. The van der Waals surface area contributed by atoms with Gasteiger partial charge in [-0.3, -0.25) is 9.59 Å². The van der Waals surface area contributed by atoms with Crippen molar-refractivity contribution in [2.75, 3.05) is 6.54 Å². The molecule has 0 saturated carbocycles. The SMILES string of the molecule is Cc1c2ccc(=O)cc-2onc1CCNC(=O)Cc1ccccc1. The Hall–Kier alpha value is -2.95. The van der Waals surface area contributed by atoms with E-state index in [9.17, 15) is 9.59 Å². The number of amides is 1. The molecule has 5 nitrogen and oxygen atoms in total. The van der Waals surface area contributed by atoms with Crippen molar-refractivity contribution in [3.8, 4) is 11.3 Å². The van der Waals surface area contributed by atoms with Crippen LogP contribution in [0.3, 0.4) is 0 Å². The van der Waals surface area contributed by atoms with Gasteiger partial charge in [-0.05, 0) is 30.2 Å². The van der Waals surface area contributed by atoms with Gasteiger partial charge in [-0.15, -0.1) is 0 Å². The molecule has 0 bridgehead atoms. The van der Waals surface area contributed by atoms with Gasteiger partial charge in [0.25, 0.3) is 0 Å². The molecule has 2 aliphatic rings. The smallest absolute Gasteiger partial charge is 0.224 e. The molecule has 0 fully saturated rings. The summed E-state index contributed by atoms with van der Waals surface area (Å²) in [4.78, 5) is 23.3. The van der Waals surface area contributed by atoms with E-state index in [1.54, 1.807) is 6.07 Å². The van der Waals surface area contributed by atoms with Crippen LogP contribution in [-0.4, -0.2) is 17.6 Å². The van der Waals surface area contributed by atoms with Gasteiger partial charge in [-0.25, -0.2) is 0 Å². The highest BCUT2D eigenvalue weighted by atomic mass is 16.5. The van der Waals surface area contributed by atoms with Gasteiger partial charge >= 0.3 is 0 Å². The Labute approximate surface area is 139 Å². The summed E-state index contributed by atoms with van der Waals surface area (Å²) in [5.74, 6) is 0.462. The molecule has 5 heteroatoms. The molecule has 0 aromatic heterocycles. The average Bonchev–Trinajstić information content (AvgIpc) is 2.58. The van der Waals surface area contributed by atoms with Gasteiger partial charge in [0.15, 0.2) is 11.2 Å². The number of rotatable bonds is 5. The van der Waals surface area contributed by atoms with E-state index >= 15 is 0 Å². The van der Waals surface area contributed by atoms with Crippen LogP contribution in [0.25, 0.3) is 11.3 Å². The van der Waals surface area contributed by atoms with Gasteiger partial charge in [0.2, 0.25) is 5.91 Å². The van der Waals surface area contributed by atoms with Crippen molar-refractivity contribution in [1.29, 1.82) is 0 Å². The number of aromatic nitrogens is 1. The standard InChI is InChI=1S/C19H18N2O3/c1-13-16-8-7-15(22)12-18(16)24-21-17(13)9-10-20-19(23)11-14-5-3-2-4-6-14/h2-8,12H,9-11H2,1H3,(H,20,23). The summed E-state index contributed by atoms with van der Waals surface area (Å²) >= 11 is 0. The minimum Gasteiger partial charge on any atom is -0.356 e. The maximum absolute atomic E-state index is 11.9. The van der Waals surface area contributed by atoms with E-state index in [-0.39, 0.29) is 11.3 Å². The van der Waals surface area contributed by atoms with E-state index in [4.69, 9.17) is 4.52 Å². The first-order valence-electron chi connectivity index (χ1n) is 7.83. The number of nitrogens with one attached hydrogen (secondary N) is 1. The van der Waals surface area contributed by atoms with Crippen LogP contribution in [0.2, 0.25) is 0 Å². The highest BCUT2D eigenvalue weighted by molar-refractivity contribution is 5.78. The molecule has 0 saturated heterocycles. The maximum Gasteiger partial charge on any atom is 0.224 e. The second-order valence-electron chi connectivity index (χ2n) is 5.67. The zero-order valence-electron chi connectivity index (χ0n) is 13.4. The average molecular weight is 322 g/mol. The Morgan fingerprint density at radius 3 is 2.75 bits per heavy atom.